The molecule has 1 amide bonds. The smallest absolute Gasteiger partial charge is 0.228 e. The van der Waals surface area contributed by atoms with Gasteiger partial charge in [-0.3, -0.25) is 4.79 Å². The molecule has 0 radical (unpaired) electrons. The molecule has 2 unspecified atom stereocenters. The van der Waals surface area contributed by atoms with Gasteiger partial charge in [-0.1, -0.05) is 19.1 Å². The van der Waals surface area contributed by atoms with Crippen molar-refractivity contribution in [2.75, 3.05) is 18.9 Å². The van der Waals surface area contributed by atoms with E-state index in [1.165, 1.54) is 5.56 Å². The third-order valence-electron chi connectivity index (χ3n) is 4.55. The van der Waals surface area contributed by atoms with E-state index < -0.39 is 0 Å². The van der Waals surface area contributed by atoms with Gasteiger partial charge in [0, 0.05) is 25.4 Å². The Kier molecular flexibility index (Phi) is 3.66. The molecule has 1 aromatic rings. The molecule has 0 spiro atoms. The molecular weight excluding hydrogens is 252 g/mol. The highest BCUT2D eigenvalue weighted by Gasteiger charge is 2.36. The van der Waals surface area contributed by atoms with Gasteiger partial charge in [0.25, 0.3) is 0 Å². The number of carbonyl (C=O) groups excluding carboxylic acids is 1. The van der Waals surface area contributed by atoms with Gasteiger partial charge in [-0.05, 0) is 36.5 Å². The monoisotopic (exact) mass is 274 g/mol. The summed E-state index contributed by atoms with van der Waals surface area (Å²) in [6.45, 7) is 4.23. The summed E-state index contributed by atoms with van der Waals surface area (Å²) in [4.78, 5) is 14.7. The van der Waals surface area contributed by atoms with E-state index in [1.54, 1.807) is 0 Å². The Hall–Kier alpha value is -1.55. The highest BCUT2D eigenvalue weighted by Crippen LogP contribution is 2.29. The Bertz CT molecular complexity index is 515. The van der Waals surface area contributed by atoms with Gasteiger partial charge < -0.3 is 15.4 Å². The Morgan fingerprint density at radius 3 is 3.15 bits per heavy atom. The molecule has 2 heterocycles. The molecular formula is C16H22N2O2. The van der Waals surface area contributed by atoms with Crippen molar-refractivity contribution in [2.45, 2.75) is 38.8 Å². The minimum Gasteiger partial charge on any atom is -0.398 e. The second-order valence-electron chi connectivity index (χ2n) is 5.71. The molecule has 20 heavy (non-hydrogen) atoms. The van der Waals surface area contributed by atoms with E-state index in [9.17, 15) is 4.79 Å². The van der Waals surface area contributed by atoms with E-state index in [1.807, 2.05) is 17.0 Å². The van der Waals surface area contributed by atoms with Gasteiger partial charge in [-0.25, -0.2) is 0 Å². The van der Waals surface area contributed by atoms with Crippen LogP contribution in [-0.4, -0.2) is 30.1 Å². The Morgan fingerprint density at radius 2 is 2.35 bits per heavy atom. The van der Waals surface area contributed by atoms with Crippen LogP contribution in [0.25, 0.3) is 0 Å². The van der Waals surface area contributed by atoms with Crippen molar-refractivity contribution in [1.82, 2.24) is 4.90 Å². The third-order valence-corrected chi connectivity index (χ3v) is 4.55. The summed E-state index contributed by atoms with van der Waals surface area (Å²) in [5.74, 6) is 0.273. The fourth-order valence-corrected chi connectivity index (χ4v) is 3.36. The maximum Gasteiger partial charge on any atom is 0.228 e. The van der Waals surface area contributed by atoms with Crippen molar-refractivity contribution < 1.29 is 9.53 Å². The molecule has 4 nitrogen and oxygen atoms in total. The lowest BCUT2D eigenvalue weighted by Crippen LogP contribution is -2.42. The maximum absolute atomic E-state index is 12.7. The summed E-state index contributed by atoms with van der Waals surface area (Å²) in [6, 6.07) is 6.02. The van der Waals surface area contributed by atoms with Crippen LogP contribution < -0.4 is 5.73 Å². The lowest BCUT2D eigenvalue weighted by atomic mass is 9.94. The van der Waals surface area contributed by atoms with Crippen molar-refractivity contribution in [1.29, 1.82) is 0 Å². The minimum absolute atomic E-state index is 0.0338. The fourth-order valence-electron chi connectivity index (χ4n) is 3.36. The number of carbonyl (C=O) groups is 1. The maximum atomic E-state index is 12.7. The topological polar surface area (TPSA) is 55.6 Å². The number of fused-ring (bicyclic) bond motifs is 1. The van der Waals surface area contributed by atoms with Crippen LogP contribution in [0, 0.1) is 5.92 Å². The normalized spacial score (nSPS) is 25.6. The third kappa shape index (κ3) is 2.29. The average molecular weight is 274 g/mol. The summed E-state index contributed by atoms with van der Waals surface area (Å²) in [7, 11) is 0. The molecule has 2 atom stereocenters. The van der Waals surface area contributed by atoms with Crippen molar-refractivity contribution >= 4 is 11.6 Å². The second kappa shape index (κ2) is 5.44. The van der Waals surface area contributed by atoms with Crippen molar-refractivity contribution in [3.05, 3.63) is 29.3 Å². The van der Waals surface area contributed by atoms with Crippen LogP contribution in [0.3, 0.4) is 0 Å². The summed E-state index contributed by atoms with van der Waals surface area (Å²) < 4.78 is 5.65. The number of hydrogen-bond donors (Lipinski definition) is 1. The van der Waals surface area contributed by atoms with Gasteiger partial charge >= 0.3 is 0 Å². The van der Waals surface area contributed by atoms with E-state index in [0.717, 1.165) is 37.1 Å². The first-order valence-electron chi connectivity index (χ1n) is 7.47. The lowest BCUT2D eigenvalue weighted by molar-refractivity contribution is -0.138. The Morgan fingerprint density at radius 1 is 1.50 bits per heavy atom. The van der Waals surface area contributed by atoms with Crippen molar-refractivity contribution in [3.8, 4) is 0 Å². The Balaban J connectivity index is 1.76. The first-order valence-corrected chi connectivity index (χ1v) is 7.47. The van der Waals surface area contributed by atoms with Crippen LogP contribution >= 0.6 is 0 Å². The number of benzene rings is 1. The molecule has 0 saturated carbocycles. The number of nitrogen functional groups attached to an aromatic ring is 1. The van der Waals surface area contributed by atoms with Gasteiger partial charge in [0.1, 0.15) is 0 Å². The number of anilines is 1. The number of ether oxygens (including phenoxy) is 1. The minimum atomic E-state index is 0.0338. The van der Waals surface area contributed by atoms with Crippen LogP contribution in [0.15, 0.2) is 18.2 Å². The van der Waals surface area contributed by atoms with E-state index in [0.29, 0.717) is 13.2 Å². The largest absolute Gasteiger partial charge is 0.398 e. The summed E-state index contributed by atoms with van der Waals surface area (Å²) in [5.41, 5.74) is 9.25. The van der Waals surface area contributed by atoms with Crippen molar-refractivity contribution in [2.24, 2.45) is 5.92 Å². The van der Waals surface area contributed by atoms with Gasteiger partial charge in [0.2, 0.25) is 5.91 Å². The highest BCUT2D eigenvalue weighted by atomic mass is 16.5. The first-order chi connectivity index (χ1) is 9.70. The molecule has 0 aromatic heterocycles. The number of hydrogen-bond acceptors (Lipinski definition) is 3. The molecule has 2 aliphatic heterocycles. The molecule has 1 fully saturated rings. The molecule has 2 aliphatic rings. The molecule has 4 heteroatoms. The quantitative estimate of drug-likeness (QED) is 0.839. The molecule has 1 saturated heterocycles. The first kappa shape index (κ1) is 13.4. The Labute approximate surface area is 119 Å². The highest BCUT2D eigenvalue weighted by molar-refractivity contribution is 5.80. The van der Waals surface area contributed by atoms with Gasteiger partial charge in [0.05, 0.1) is 12.0 Å². The molecule has 0 bridgehead atoms. The average Bonchev–Trinajstić information content (AvgIpc) is 2.95. The van der Waals surface area contributed by atoms with E-state index in [2.05, 4.69) is 13.0 Å². The predicted molar refractivity (Wildman–Crippen MR) is 78.1 cm³/mol. The zero-order valence-electron chi connectivity index (χ0n) is 12.0. The zero-order chi connectivity index (χ0) is 14.1. The standard InChI is InChI=1S/C16H22N2O2/c1-2-15-12(7-9-20-15)16(19)18-8-6-11-4-3-5-14(17)13(11)10-18/h3-5,12,15H,2,6-10,17H2,1H3. The zero-order valence-corrected chi connectivity index (χ0v) is 12.0. The molecule has 0 aliphatic carbocycles. The van der Waals surface area contributed by atoms with E-state index in [-0.39, 0.29) is 17.9 Å². The number of rotatable bonds is 2. The summed E-state index contributed by atoms with van der Waals surface area (Å²) >= 11 is 0. The van der Waals surface area contributed by atoms with E-state index >= 15 is 0 Å². The predicted octanol–water partition coefficient (Wildman–Crippen LogP) is 1.97. The van der Waals surface area contributed by atoms with E-state index in [4.69, 9.17) is 10.5 Å². The number of amides is 1. The van der Waals surface area contributed by atoms with Crippen LogP contribution in [0.2, 0.25) is 0 Å². The summed E-state index contributed by atoms with van der Waals surface area (Å²) in [6.07, 6.45) is 2.75. The van der Waals surface area contributed by atoms with Crippen LogP contribution in [0.5, 0.6) is 0 Å². The van der Waals surface area contributed by atoms with Crippen LogP contribution in [-0.2, 0) is 22.5 Å². The second-order valence-corrected chi connectivity index (χ2v) is 5.71. The van der Waals surface area contributed by atoms with Crippen LogP contribution in [0.4, 0.5) is 5.69 Å². The number of nitrogens with zero attached hydrogens (tertiary/aromatic N) is 1. The molecule has 3 rings (SSSR count). The van der Waals surface area contributed by atoms with Gasteiger partial charge in [-0.15, -0.1) is 0 Å². The number of nitrogens with two attached hydrogens (primary N) is 1. The summed E-state index contributed by atoms with van der Waals surface area (Å²) in [5, 5.41) is 0. The van der Waals surface area contributed by atoms with Crippen LogP contribution in [0.1, 0.15) is 30.9 Å². The molecule has 2 N–H and O–H groups in total. The molecule has 108 valence electrons. The van der Waals surface area contributed by atoms with Crippen molar-refractivity contribution in [3.63, 3.8) is 0 Å². The lowest BCUT2D eigenvalue weighted by Gasteiger charge is -2.32. The SMILES string of the molecule is CCC1OCCC1C(=O)N1CCc2cccc(N)c2C1. The fraction of sp³-hybridized carbons (Fsp3) is 0.562. The van der Waals surface area contributed by atoms with Gasteiger partial charge in [0.15, 0.2) is 0 Å². The van der Waals surface area contributed by atoms with Gasteiger partial charge in [-0.2, -0.15) is 0 Å². The molecule has 1 aromatic carbocycles.